The van der Waals surface area contributed by atoms with Gasteiger partial charge in [0.05, 0.1) is 0 Å². The van der Waals surface area contributed by atoms with Crippen LogP contribution in [0.3, 0.4) is 0 Å². The normalized spacial score (nSPS) is 11.4. The van der Waals surface area contributed by atoms with E-state index >= 15 is 0 Å². The Bertz CT molecular complexity index is 147. The Balaban J connectivity index is 4.05. The molecule has 0 N–H and O–H groups in total. The first-order valence-electron chi connectivity index (χ1n) is 3.46. The second kappa shape index (κ2) is 4.09. The quantitative estimate of drug-likeness (QED) is 0.554. The van der Waals surface area contributed by atoms with Gasteiger partial charge in [-0.1, -0.05) is 6.92 Å². The van der Waals surface area contributed by atoms with Crippen LogP contribution >= 0.6 is 0 Å². The maximum Gasteiger partial charge on any atom is 0.159 e. The van der Waals surface area contributed by atoms with Crippen LogP contribution in [0.1, 0.15) is 20.3 Å². The van der Waals surface area contributed by atoms with Gasteiger partial charge in [0, 0.05) is 32.3 Å². The molecule has 0 aromatic carbocycles. The zero-order chi connectivity index (χ0) is 8.15. The van der Waals surface area contributed by atoms with Gasteiger partial charge in [0.2, 0.25) is 0 Å². The van der Waals surface area contributed by atoms with E-state index in [4.69, 9.17) is 0 Å². The third-order valence-electron chi connectivity index (χ3n) is 1.21. The van der Waals surface area contributed by atoms with Gasteiger partial charge < -0.3 is 4.90 Å². The number of allylic oxidation sites excluding steroid dienone is 1. The molecule has 2 nitrogen and oxygen atoms in total. The Morgan fingerprint density at radius 1 is 1.50 bits per heavy atom. The molecule has 0 heterocycles. The van der Waals surface area contributed by atoms with Gasteiger partial charge in [0.15, 0.2) is 5.78 Å². The molecule has 2 heteroatoms. The molecule has 58 valence electrons. The summed E-state index contributed by atoms with van der Waals surface area (Å²) in [4.78, 5) is 12.8. The molecule has 0 saturated heterocycles. The first kappa shape index (κ1) is 9.21. The molecule has 0 aliphatic rings. The monoisotopic (exact) mass is 141 g/mol. The topological polar surface area (TPSA) is 20.3 Å². The molecule has 0 unspecified atom stereocenters. The van der Waals surface area contributed by atoms with Crippen LogP contribution in [0.5, 0.6) is 0 Å². The van der Waals surface area contributed by atoms with Gasteiger partial charge in [-0.25, -0.2) is 0 Å². The molecular weight excluding hydrogens is 126 g/mol. The summed E-state index contributed by atoms with van der Waals surface area (Å²) in [6.07, 6.45) is 2.43. The molecule has 0 atom stereocenters. The number of ketones is 1. The summed E-state index contributed by atoms with van der Waals surface area (Å²) in [6.45, 7) is 3.71. The van der Waals surface area contributed by atoms with E-state index in [9.17, 15) is 4.79 Å². The average molecular weight is 141 g/mol. The highest BCUT2D eigenvalue weighted by molar-refractivity contribution is 5.94. The number of carbonyl (C=O) groups is 1. The average Bonchev–Trinajstić information content (AvgIpc) is 1.85. The zero-order valence-corrected chi connectivity index (χ0v) is 7.14. The van der Waals surface area contributed by atoms with Gasteiger partial charge in [-0.3, -0.25) is 4.79 Å². The molecule has 0 bridgehead atoms. The lowest BCUT2D eigenvalue weighted by Gasteiger charge is -2.05. The zero-order valence-electron chi connectivity index (χ0n) is 7.14. The second-order valence-electron chi connectivity index (χ2n) is 2.55. The highest BCUT2D eigenvalue weighted by Gasteiger charge is 1.99. The minimum Gasteiger partial charge on any atom is -0.383 e. The Morgan fingerprint density at radius 2 is 2.00 bits per heavy atom. The molecule has 0 aliphatic heterocycles. The van der Waals surface area contributed by atoms with Crippen LogP contribution in [0.2, 0.25) is 0 Å². The Hall–Kier alpha value is -0.790. The minimum absolute atomic E-state index is 0.216. The van der Waals surface area contributed by atoms with Crippen molar-refractivity contribution in [3.63, 3.8) is 0 Å². The molecule has 0 rings (SSSR count). The SMILES string of the molecule is CCC(=O)C(C)=CN(C)C. The fourth-order valence-corrected chi connectivity index (χ4v) is 0.738. The van der Waals surface area contributed by atoms with E-state index in [1.807, 2.05) is 39.0 Å². The molecule has 0 fully saturated rings. The molecular formula is C8H15NO. The van der Waals surface area contributed by atoms with Crippen molar-refractivity contribution in [2.75, 3.05) is 14.1 Å². The molecule has 0 spiro atoms. The standard InChI is InChI=1S/C8H15NO/c1-5-8(10)7(2)6-9(3)4/h6H,5H2,1-4H3. The highest BCUT2D eigenvalue weighted by atomic mass is 16.1. The maximum absolute atomic E-state index is 11.0. The van der Waals surface area contributed by atoms with E-state index < -0.39 is 0 Å². The van der Waals surface area contributed by atoms with E-state index in [0.717, 1.165) is 5.57 Å². The van der Waals surface area contributed by atoms with Crippen molar-refractivity contribution < 1.29 is 4.79 Å². The maximum atomic E-state index is 11.0. The summed E-state index contributed by atoms with van der Waals surface area (Å²) in [7, 11) is 3.82. The number of Topliss-reactive ketones (excluding diaryl/α,β-unsaturated/α-hetero) is 1. The molecule has 0 aromatic rings. The van der Waals surface area contributed by atoms with Crippen molar-refractivity contribution in [2.24, 2.45) is 0 Å². The van der Waals surface area contributed by atoms with Gasteiger partial charge in [0.1, 0.15) is 0 Å². The van der Waals surface area contributed by atoms with Gasteiger partial charge in [-0.05, 0) is 6.92 Å². The van der Waals surface area contributed by atoms with Gasteiger partial charge in [-0.2, -0.15) is 0 Å². The summed E-state index contributed by atoms with van der Waals surface area (Å²) in [6, 6.07) is 0. The summed E-state index contributed by atoms with van der Waals surface area (Å²) in [5, 5.41) is 0. The largest absolute Gasteiger partial charge is 0.383 e. The van der Waals surface area contributed by atoms with Crippen LogP contribution in [0, 0.1) is 0 Å². The van der Waals surface area contributed by atoms with Gasteiger partial charge >= 0.3 is 0 Å². The van der Waals surface area contributed by atoms with Crippen molar-refractivity contribution in [1.82, 2.24) is 4.90 Å². The molecule has 0 amide bonds. The number of rotatable bonds is 3. The third-order valence-corrected chi connectivity index (χ3v) is 1.21. The van der Waals surface area contributed by atoms with Gasteiger partial charge in [0.25, 0.3) is 0 Å². The molecule has 0 radical (unpaired) electrons. The van der Waals surface area contributed by atoms with Crippen LogP contribution in [-0.2, 0) is 4.79 Å². The molecule has 0 aliphatic carbocycles. The summed E-state index contributed by atoms with van der Waals surface area (Å²) in [5.41, 5.74) is 0.826. The number of hydrogen-bond acceptors (Lipinski definition) is 2. The summed E-state index contributed by atoms with van der Waals surface area (Å²) >= 11 is 0. The Morgan fingerprint density at radius 3 is 2.30 bits per heavy atom. The Kier molecular flexibility index (Phi) is 3.77. The lowest BCUT2D eigenvalue weighted by atomic mass is 10.2. The second-order valence-corrected chi connectivity index (χ2v) is 2.55. The van der Waals surface area contributed by atoms with E-state index in [2.05, 4.69) is 0 Å². The van der Waals surface area contributed by atoms with Crippen LogP contribution < -0.4 is 0 Å². The smallest absolute Gasteiger partial charge is 0.159 e. The van der Waals surface area contributed by atoms with Crippen molar-refractivity contribution in [1.29, 1.82) is 0 Å². The van der Waals surface area contributed by atoms with Crippen molar-refractivity contribution >= 4 is 5.78 Å². The highest BCUT2D eigenvalue weighted by Crippen LogP contribution is 1.98. The first-order valence-corrected chi connectivity index (χ1v) is 3.46. The fraction of sp³-hybridized carbons (Fsp3) is 0.625. The van der Waals surface area contributed by atoms with Crippen molar-refractivity contribution in [3.05, 3.63) is 11.8 Å². The summed E-state index contributed by atoms with van der Waals surface area (Å²) < 4.78 is 0. The lowest BCUT2D eigenvalue weighted by Crippen LogP contribution is -2.06. The van der Waals surface area contributed by atoms with Crippen LogP contribution in [0.15, 0.2) is 11.8 Å². The van der Waals surface area contributed by atoms with Crippen LogP contribution in [0.25, 0.3) is 0 Å². The lowest BCUT2D eigenvalue weighted by molar-refractivity contribution is -0.115. The third kappa shape index (κ3) is 3.28. The van der Waals surface area contributed by atoms with Crippen LogP contribution in [-0.4, -0.2) is 24.8 Å². The van der Waals surface area contributed by atoms with Gasteiger partial charge in [-0.15, -0.1) is 0 Å². The number of hydrogen-bond donors (Lipinski definition) is 0. The predicted octanol–water partition coefficient (Wildman–Crippen LogP) is 1.43. The number of carbonyl (C=O) groups excluding carboxylic acids is 1. The van der Waals surface area contributed by atoms with E-state index in [1.165, 1.54) is 0 Å². The fourth-order valence-electron chi connectivity index (χ4n) is 0.738. The molecule has 0 aromatic heterocycles. The summed E-state index contributed by atoms with van der Waals surface area (Å²) in [5.74, 6) is 0.216. The van der Waals surface area contributed by atoms with E-state index in [1.54, 1.807) is 0 Å². The van der Waals surface area contributed by atoms with Crippen molar-refractivity contribution in [3.8, 4) is 0 Å². The molecule has 10 heavy (non-hydrogen) atoms. The van der Waals surface area contributed by atoms with Crippen LogP contribution in [0.4, 0.5) is 0 Å². The Labute approximate surface area is 62.5 Å². The first-order chi connectivity index (χ1) is 4.57. The minimum atomic E-state index is 0.216. The van der Waals surface area contributed by atoms with E-state index in [-0.39, 0.29) is 5.78 Å². The predicted molar refractivity (Wildman–Crippen MR) is 42.7 cm³/mol. The van der Waals surface area contributed by atoms with Crippen molar-refractivity contribution in [2.45, 2.75) is 20.3 Å². The van der Waals surface area contributed by atoms with E-state index in [0.29, 0.717) is 6.42 Å². The number of nitrogens with zero attached hydrogens (tertiary/aromatic N) is 1. The molecule has 0 saturated carbocycles.